The van der Waals surface area contributed by atoms with Crippen molar-refractivity contribution >= 4 is 18.0 Å². The van der Waals surface area contributed by atoms with Crippen LogP contribution in [0.3, 0.4) is 0 Å². The van der Waals surface area contributed by atoms with Crippen LogP contribution >= 0.6 is 0 Å². The number of hydrogen-bond donors (Lipinski definition) is 2. The molecule has 1 aromatic heterocycles. The molecule has 11 nitrogen and oxygen atoms in total. The lowest BCUT2D eigenvalue weighted by atomic mass is 10.0. The average molecular weight is 563 g/mol. The van der Waals surface area contributed by atoms with Crippen LogP contribution in [0.2, 0.25) is 0 Å². The Balaban J connectivity index is 1.36. The van der Waals surface area contributed by atoms with Crippen LogP contribution in [-0.2, 0) is 38.6 Å². The smallest absolute Gasteiger partial charge is 0.407 e. The van der Waals surface area contributed by atoms with Crippen molar-refractivity contribution in [2.75, 3.05) is 19.6 Å². The largest absolute Gasteiger partial charge is 0.459 e. The first kappa shape index (κ1) is 29.3. The van der Waals surface area contributed by atoms with Crippen molar-refractivity contribution in [2.45, 2.75) is 52.9 Å². The Morgan fingerprint density at radius 3 is 2.54 bits per heavy atom. The van der Waals surface area contributed by atoms with Crippen molar-refractivity contribution < 1.29 is 23.9 Å². The van der Waals surface area contributed by atoms with Gasteiger partial charge in [-0.2, -0.15) is 0 Å². The third-order valence-electron chi connectivity index (χ3n) is 6.58. The number of benzene rings is 2. The van der Waals surface area contributed by atoms with Crippen molar-refractivity contribution in [3.05, 3.63) is 91.8 Å². The summed E-state index contributed by atoms with van der Waals surface area (Å²) < 4.78 is 12.0. The van der Waals surface area contributed by atoms with E-state index in [1.54, 1.807) is 27.7 Å². The van der Waals surface area contributed by atoms with Crippen LogP contribution in [-0.4, -0.2) is 57.7 Å². The van der Waals surface area contributed by atoms with Gasteiger partial charge in [0.1, 0.15) is 25.3 Å². The molecule has 2 aromatic carbocycles. The highest BCUT2D eigenvalue weighted by molar-refractivity contribution is 5.85. The van der Waals surface area contributed by atoms with Crippen molar-refractivity contribution in [3.8, 4) is 11.1 Å². The van der Waals surface area contributed by atoms with E-state index in [9.17, 15) is 24.0 Å². The zero-order chi connectivity index (χ0) is 29.7. The number of amides is 2. The first-order chi connectivity index (χ1) is 19.4. The summed E-state index contributed by atoms with van der Waals surface area (Å²) in [4.78, 5) is 65.2. The molecule has 0 atom stereocenters. The molecule has 0 saturated heterocycles. The predicted octanol–water partition coefficient (Wildman–Crippen LogP) is 2.51. The molecule has 0 radical (unpaired) electrons. The van der Waals surface area contributed by atoms with Gasteiger partial charge in [-0.25, -0.2) is 9.59 Å². The van der Waals surface area contributed by atoms with E-state index in [0.717, 1.165) is 23.1 Å². The van der Waals surface area contributed by atoms with Gasteiger partial charge in [-0.15, -0.1) is 0 Å². The van der Waals surface area contributed by atoms with E-state index >= 15 is 0 Å². The maximum atomic E-state index is 13.0. The molecule has 4 rings (SSSR count). The Bertz CT molecular complexity index is 1580. The Kier molecular flexibility index (Phi) is 8.75. The van der Waals surface area contributed by atoms with Crippen molar-refractivity contribution in [2.24, 2.45) is 0 Å². The van der Waals surface area contributed by atoms with Crippen LogP contribution < -0.4 is 16.6 Å². The fourth-order valence-electron chi connectivity index (χ4n) is 4.65. The Morgan fingerprint density at radius 1 is 1.05 bits per heavy atom. The van der Waals surface area contributed by atoms with E-state index in [1.165, 1.54) is 26.8 Å². The number of nitrogens with zero attached hydrogens (tertiary/aromatic N) is 2. The Hall–Kier alpha value is -4.67. The number of aromatic nitrogens is 2. The van der Waals surface area contributed by atoms with Gasteiger partial charge in [0.05, 0.1) is 0 Å². The molecule has 216 valence electrons. The summed E-state index contributed by atoms with van der Waals surface area (Å²) >= 11 is 0. The summed E-state index contributed by atoms with van der Waals surface area (Å²) in [6, 6.07) is 14.0. The number of aromatic amines is 1. The fourth-order valence-corrected chi connectivity index (χ4v) is 4.65. The molecule has 1 heterocycles. The van der Waals surface area contributed by atoms with E-state index in [4.69, 9.17) is 9.47 Å². The van der Waals surface area contributed by atoms with Gasteiger partial charge in [-0.3, -0.25) is 23.9 Å². The lowest BCUT2D eigenvalue weighted by molar-refractivity contribution is -0.158. The standard InChI is InChI=1S/C30H34N4O7/c1-19-16-34(28(38)32-27(19)37)13-12-33(17-26(36)41-30(2,3)4)25(35)15-31-29(39)40-18-21-9-7-11-23-22-10-6-5-8-20(22)14-24(21)23/h5-11,16H,12-15,17-18H2,1-4H3,(H,31,39)(H,32,37,38). The lowest BCUT2D eigenvalue weighted by Gasteiger charge is -2.25. The van der Waals surface area contributed by atoms with Crippen LogP contribution in [0.5, 0.6) is 0 Å². The number of carbonyl (C=O) groups excluding carboxylic acids is 3. The zero-order valence-corrected chi connectivity index (χ0v) is 23.6. The molecular formula is C30H34N4O7. The summed E-state index contributed by atoms with van der Waals surface area (Å²) in [6.45, 7) is 5.85. The van der Waals surface area contributed by atoms with E-state index in [-0.39, 0.29) is 26.2 Å². The van der Waals surface area contributed by atoms with Crippen molar-refractivity contribution in [3.63, 3.8) is 0 Å². The number of aryl methyl sites for hydroxylation is 1. The Morgan fingerprint density at radius 2 is 1.78 bits per heavy atom. The molecule has 0 spiro atoms. The van der Waals surface area contributed by atoms with Gasteiger partial charge in [-0.1, -0.05) is 42.5 Å². The van der Waals surface area contributed by atoms with Gasteiger partial charge in [-0.05, 0) is 61.9 Å². The van der Waals surface area contributed by atoms with E-state index in [2.05, 4.69) is 22.4 Å². The minimum Gasteiger partial charge on any atom is -0.459 e. The maximum Gasteiger partial charge on any atom is 0.407 e. The van der Waals surface area contributed by atoms with Crippen LogP contribution in [0.4, 0.5) is 4.79 Å². The summed E-state index contributed by atoms with van der Waals surface area (Å²) in [5.41, 5.74) is 3.92. The van der Waals surface area contributed by atoms with Crippen LogP contribution in [0.1, 0.15) is 43.0 Å². The van der Waals surface area contributed by atoms with Gasteiger partial charge >= 0.3 is 17.8 Å². The van der Waals surface area contributed by atoms with Gasteiger partial charge < -0.3 is 19.7 Å². The van der Waals surface area contributed by atoms with Gasteiger partial charge in [0.2, 0.25) is 5.91 Å². The second kappa shape index (κ2) is 12.2. The molecule has 0 aliphatic heterocycles. The molecule has 11 heteroatoms. The molecule has 2 N–H and O–H groups in total. The summed E-state index contributed by atoms with van der Waals surface area (Å²) in [6.07, 6.45) is 1.35. The van der Waals surface area contributed by atoms with Gasteiger partial charge in [0, 0.05) is 24.8 Å². The number of hydrogen-bond acceptors (Lipinski definition) is 7. The molecule has 0 unspecified atom stereocenters. The normalized spacial score (nSPS) is 11.8. The highest BCUT2D eigenvalue weighted by Crippen LogP contribution is 2.38. The van der Waals surface area contributed by atoms with Gasteiger partial charge in [0.25, 0.3) is 5.56 Å². The highest BCUT2D eigenvalue weighted by Gasteiger charge is 2.24. The average Bonchev–Trinajstić information content (AvgIpc) is 3.29. The number of esters is 1. The first-order valence-electron chi connectivity index (χ1n) is 13.3. The third kappa shape index (κ3) is 7.50. The molecule has 1 aliphatic rings. The molecule has 0 fully saturated rings. The molecule has 1 aliphatic carbocycles. The van der Waals surface area contributed by atoms with E-state index < -0.39 is 41.4 Å². The molecule has 3 aromatic rings. The number of rotatable bonds is 9. The summed E-state index contributed by atoms with van der Waals surface area (Å²) in [7, 11) is 0. The third-order valence-corrected chi connectivity index (χ3v) is 6.58. The highest BCUT2D eigenvalue weighted by atomic mass is 16.6. The minimum absolute atomic E-state index is 0.0109. The van der Waals surface area contributed by atoms with Crippen LogP contribution in [0, 0.1) is 6.92 Å². The zero-order valence-electron chi connectivity index (χ0n) is 23.6. The summed E-state index contributed by atoms with van der Waals surface area (Å²) in [5.74, 6) is -1.21. The SMILES string of the molecule is Cc1cn(CCN(CC(=O)OC(C)(C)C)C(=O)CNC(=O)OCc2cccc3c2Cc2ccccc2-3)c(=O)[nH]c1=O. The van der Waals surface area contributed by atoms with Crippen LogP contribution in [0.25, 0.3) is 11.1 Å². The summed E-state index contributed by atoms with van der Waals surface area (Å²) in [5, 5.41) is 2.45. The van der Waals surface area contributed by atoms with Gasteiger partial charge in [0.15, 0.2) is 0 Å². The topological polar surface area (TPSA) is 140 Å². The minimum atomic E-state index is -0.781. The van der Waals surface area contributed by atoms with E-state index in [0.29, 0.717) is 5.56 Å². The quantitative estimate of drug-likeness (QED) is 0.299. The Labute approximate surface area is 237 Å². The number of alkyl carbamates (subject to hydrolysis) is 1. The number of ether oxygens (including phenoxy) is 2. The second-order valence-corrected chi connectivity index (χ2v) is 10.9. The second-order valence-electron chi connectivity index (χ2n) is 10.9. The van der Waals surface area contributed by atoms with Crippen molar-refractivity contribution in [1.29, 1.82) is 0 Å². The lowest BCUT2D eigenvalue weighted by Crippen LogP contribution is -2.46. The molecular weight excluding hydrogens is 528 g/mol. The van der Waals surface area contributed by atoms with E-state index in [1.807, 2.05) is 30.3 Å². The molecule has 0 bridgehead atoms. The number of nitrogens with one attached hydrogen (secondary N) is 2. The first-order valence-corrected chi connectivity index (χ1v) is 13.3. The molecule has 41 heavy (non-hydrogen) atoms. The number of carbonyl (C=O) groups is 3. The molecule has 2 amide bonds. The predicted molar refractivity (Wildman–Crippen MR) is 151 cm³/mol. The molecule has 0 saturated carbocycles. The number of fused-ring (bicyclic) bond motifs is 3. The number of H-pyrrole nitrogens is 1. The fraction of sp³-hybridized carbons (Fsp3) is 0.367. The van der Waals surface area contributed by atoms with Crippen molar-refractivity contribution in [1.82, 2.24) is 19.8 Å². The maximum absolute atomic E-state index is 13.0. The van der Waals surface area contributed by atoms with Crippen LogP contribution in [0.15, 0.2) is 58.3 Å². The monoisotopic (exact) mass is 562 g/mol.